The molecule has 0 spiro atoms. The van der Waals surface area contributed by atoms with E-state index < -0.39 is 12.1 Å². The molecule has 6 nitrogen and oxygen atoms in total. The van der Waals surface area contributed by atoms with Gasteiger partial charge in [0.05, 0.1) is 6.54 Å². The van der Waals surface area contributed by atoms with E-state index in [1.807, 2.05) is 37.3 Å². The highest BCUT2D eigenvalue weighted by Gasteiger charge is 2.40. The summed E-state index contributed by atoms with van der Waals surface area (Å²) >= 11 is 0. The number of likely N-dealkylation sites (N-methyl/N-ethyl adjacent to an activating group) is 1. The fourth-order valence-corrected chi connectivity index (χ4v) is 2.85. The van der Waals surface area contributed by atoms with Crippen molar-refractivity contribution in [2.45, 2.75) is 39.4 Å². The van der Waals surface area contributed by atoms with Gasteiger partial charge in [-0.15, -0.1) is 0 Å². The fraction of sp³-hybridized carbons (Fsp3) is 0.389. The second-order valence-corrected chi connectivity index (χ2v) is 6.31. The molecule has 0 N–H and O–H groups in total. The van der Waals surface area contributed by atoms with Crippen LogP contribution in [-0.4, -0.2) is 45.9 Å². The first-order valence-electron chi connectivity index (χ1n) is 7.98. The number of rotatable bonds is 3. The molecule has 3 rings (SSSR count). The van der Waals surface area contributed by atoms with Crippen molar-refractivity contribution < 1.29 is 14.1 Å². The molecule has 0 aliphatic carbocycles. The number of aryl methyl sites for hydroxylation is 1. The molecule has 6 heteroatoms. The van der Waals surface area contributed by atoms with Gasteiger partial charge in [0.1, 0.15) is 17.8 Å². The smallest absolute Gasteiger partial charge is 0.246 e. The van der Waals surface area contributed by atoms with E-state index in [1.54, 1.807) is 25.8 Å². The van der Waals surface area contributed by atoms with E-state index in [0.717, 1.165) is 11.3 Å². The van der Waals surface area contributed by atoms with Crippen LogP contribution in [0.3, 0.4) is 0 Å². The lowest BCUT2D eigenvalue weighted by Crippen LogP contribution is -2.61. The van der Waals surface area contributed by atoms with E-state index in [0.29, 0.717) is 5.76 Å². The van der Waals surface area contributed by atoms with Gasteiger partial charge in [0, 0.05) is 18.7 Å². The Morgan fingerprint density at radius 3 is 2.42 bits per heavy atom. The van der Waals surface area contributed by atoms with Crippen LogP contribution in [0, 0.1) is 6.92 Å². The average Bonchev–Trinajstić information content (AvgIpc) is 3.04. The van der Waals surface area contributed by atoms with Crippen molar-refractivity contribution in [1.29, 1.82) is 0 Å². The average molecular weight is 327 g/mol. The molecule has 2 heterocycles. The van der Waals surface area contributed by atoms with Crippen LogP contribution >= 0.6 is 0 Å². The number of aromatic nitrogens is 1. The standard InChI is InChI=1S/C18H21N3O3/c1-11-5-7-14(8-6-11)16-9-15(24-19-16)10-21-13(3)17(22)20(4)12(2)18(21)23/h5-9,12-13H,10H2,1-4H3/t12-,13-/m0/s1. The van der Waals surface area contributed by atoms with Crippen molar-refractivity contribution in [3.05, 3.63) is 41.7 Å². The first kappa shape index (κ1) is 16.2. The normalized spacial score (nSPS) is 21.5. The molecule has 1 saturated heterocycles. The van der Waals surface area contributed by atoms with E-state index in [4.69, 9.17) is 4.52 Å². The van der Waals surface area contributed by atoms with Crippen LogP contribution in [0.1, 0.15) is 25.2 Å². The molecule has 1 aromatic carbocycles. The molecule has 2 atom stereocenters. The molecule has 1 aliphatic heterocycles. The van der Waals surface area contributed by atoms with Crippen molar-refractivity contribution in [1.82, 2.24) is 15.0 Å². The Bertz CT molecular complexity index is 766. The summed E-state index contributed by atoms with van der Waals surface area (Å²) in [5, 5.41) is 4.08. The summed E-state index contributed by atoms with van der Waals surface area (Å²) in [5.74, 6) is 0.411. The molecule has 0 radical (unpaired) electrons. The maximum atomic E-state index is 12.5. The third-order valence-electron chi connectivity index (χ3n) is 4.63. The summed E-state index contributed by atoms with van der Waals surface area (Å²) in [6.07, 6.45) is 0. The van der Waals surface area contributed by atoms with Gasteiger partial charge in [0.25, 0.3) is 0 Å². The Hall–Kier alpha value is -2.63. The van der Waals surface area contributed by atoms with Crippen molar-refractivity contribution in [2.75, 3.05) is 7.05 Å². The highest BCUT2D eigenvalue weighted by molar-refractivity contribution is 5.96. The number of hydrogen-bond acceptors (Lipinski definition) is 4. The maximum Gasteiger partial charge on any atom is 0.246 e. The zero-order chi connectivity index (χ0) is 17.4. The molecule has 0 bridgehead atoms. The molecule has 0 unspecified atom stereocenters. The largest absolute Gasteiger partial charge is 0.359 e. The van der Waals surface area contributed by atoms with Gasteiger partial charge in [-0.05, 0) is 20.8 Å². The molecule has 126 valence electrons. The van der Waals surface area contributed by atoms with E-state index >= 15 is 0 Å². The fourth-order valence-electron chi connectivity index (χ4n) is 2.85. The third kappa shape index (κ3) is 2.79. The van der Waals surface area contributed by atoms with Gasteiger partial charge in [-0.3, -0.25) is 9.59 Å². The van der Waals surface area contributed by atoms with Crippen molar-refractivity contribution in [2.24, 2.45) is 0 Å². The van der Waals surface area contributed by atoms with Crippen LogP contribution in [0.2, 0.25) is 0 Å². The minimum atomic E-state index is -0.508. The van der Waals surface area contributed by atoms with E-state index in [-0.39, 0.29) is 18.4 Å². The van der Waals surface area contributed by atoms with Gasteiger partial charge >= 0.3 is 0 Å². The SMILES string of the molecule is Cc1ccc(-c2cc(CN3C(=O)[C@H](C)N(C)C(=O)[C@@H]3C)on2)cc1. The molecule has 1 aromatic heterocycles. The lowest BCUT2D eigenvalue weighted by atomic mass is 10.1. The number of piperazine rings is 1. The monoisotopic (exact) mass is 327 g/mol. The Morgan fingerprint density at radius 2 is 1.75 bits per heavy atom. The van der Waals surface area contributed by atoms with Gasteiger partial charge in [0.15, 0.2) is 5.76 Å². The van der Waals surface area contributed by atoms with Gasteiger partial charge < -0.3 is 14.3 Å². The molecular weight excluding hydrogens is 306 g/mol. The summed E-state index contributed by atoms with van der Waals surface area (Å²) in [6, 6.07) is 8.82. The summed E-state index contributed by atoms with van der Waals surface area (Å²) in [6.45, 7) is 5.73. The van der Waals surface area contributed by atoms with Gasteiger partial charge in [0.2, 0.25) is 11.8 Å². The second-order valence-electron chi connectivity index (χ2n) is 6.31. The van der Waals surface area contributed by atoms with E-state index in [9.17, 15) is 9.59 Å². The minimum absolute atomic E-state index is 0.0691. The topological polar surface area (TPSA) is 66.7 Å². The van der Waals surface area contributed by atoms with Crippen LogP contribution in [0.5, 0.6) is 0 Å². The number of carbonyl (C=O) groups excluding carboxylic acids is 2. The van der Waals surface area contributed by atoms with Gasteiger partial charge in [-0.25, -0.2) is 0 Å². The molecule has 24 heavy (non-hydrogen) atoms. The molecule has 1 aliphatic rings. The summed E-state index contributed by atoms with van der Waals surface area (Å²) in [4.78, 5) is 27.7. The summed E-state index contributed by atoms with van der Waals surface area (Å²) < 4.78 is 5.38. The highest BCUT2D eigenvalue weighted by Crippen LogP contribution is 2.23. The lowest BCUT2D eigenvalue weighted by molar-refractivity contribution is -0.159. The first-order chi connectivity index (χ1) is 11.4. The van der Waals surface area contributed by atoms with Crippen LogP contribution in [0.15, 0.2) is 34.9 Å². The van der Waals surface area contributed by atoms with Crippen LogP contribution in [0.25, 0.3) is 11.3 Å². The molecule has 2 aromatic rings. The van der Waals surface area contributed by atoms with Gasteiger partial charge in [-0.2, -0.15) is 0 Å². The molecule has 2 amide bonds. The highest BCUT2D eigenvalue weighted by atomic mass is 16.5. The quantitative estimate of drug-likeness (QED) is 0.867. The van der Waals surface area contributed by atoms with Crippen molar-refractivity contribution in [3.63, 3.8) is 0 Å². The van der Waals surface area contributed by atoms with Crippen LogP contribution in [-0.2, 0) is 16.1 Å². The number of hydrogen-bond donors (Lipinski definition) is 0. The molecular formula is C18H21N3O3. The lowest BCUT2D eigenvalue weighted by Gasteiger charge is -2.40. The third-order valence-corrected chi connectivity index (χ3v) is 4.63. The Morgan fingerprint density at radius 1 is 1.08 bits per heavy atom. The van der Waals surface area contributed by atoms with Gasteiger partial charge in [-0.1, -0.05) is 35.0 Å². The minimum Gasteiger partial charge on any atom is -0.359 e. The molecule has 0 saturated carbocycles. The predicted molar refractivity (Wildman–Crippen MR) is 88.9 cm³/mol. The number of benzene rings is 1. The Balaban J connectivity index is 1.80. The first-order valence-corrected chi connectivity index (χ1v) is 7.98. The zero-order valence-electron chi connectivity index (χ0n) is 14.3. The second kappa shape index (κ2) is 6.11. The number of carbonyl (C=O) groups is 2. The van der Waals surface area contributed by atoms with E-state index in [2.05, 4.69) is 5.16 Å². The van der Waals surface area contributed by atoms with Crippen molar-refractivity contribution in [3.8, 4) is 11.3 Å². The van der Waals surface area contributed by atoms with Crippen molar-refractivity contribution >= 4 is 11.8 Å². The summed E-state index contributed by atoms with van der Waals surface area (Å²) in [7, 11) is 1.66. The Kier molecular flexibility index (Phi) is 4.13. The predicted octanol–water partition coefficient (Wildman–Crippen LogP) is 2.23. The number of nitrogens with zero attached hydrogens (tertiary/aromatic N) is 3. The van der Waals surface area contributed by atoms with Crippen LogP contribution < -0.4 is 0 Å². The molecule has 1 fully saturated rings. The van der Waals surface area contributed by atoms with Crippen LogP contribution in [0.4, 0.5) is 0 Å². The Labute approximate surface area is 141 Å². The van der Waals surface area contributed by atoms with E-state index in [1.165, 1.54) is 10.5 Å². The summed E-state index contributed by atoms with van der Waals surface area (Å²) in [5.41, 5.74) is 2.85. The number of amides is 2. The maximum absolute atomic E-state index is 12.5. The zero-order valence-corrected chi connectivity index (χ0v) is 14.3.